The molecule has 0 atom stereocenters. The Balaban J connectivity index is 2.06. The molecule has 1 saturated heterocycles. The maximum Gasteiger partial charge on any atom is 0.0972 e. The Morgan fingerprint density at radius 2 is 2.19 bits per heavy atom. The van der Waals surface area contributed by atoms with Gasteiger partial charge in [0, 0.05) is 12.3 Å². The third kappa shape index (κ3) is 2.83. The molecule has 0 bridgehead atoms. The Bertz CT molecular complexity index is 345. The van der Waals surface area contributed by atoms with E-state index >= 15 is 0 Å². The Kier molecular flexibility index (Phi) is 4.35. The van der Waals surface area contributed by atoms with Gasteiger partial charge >= 0.3 is 0 Å². The summed E-state index contributed by atoms with van der Waals surface area (Å²) >= 11 is 5.38. The first-order valence-electron chi connectivity index (χ1n) is 5.74. The highest BCUT2D eigenvalue weighted by atomic mass is 79.9. The van der Waals surface area contributed by atoms with E-state index in [1.807, 2.05) is 0 Å². The average Bonchev–Trinajstić information content (AvgIpc) is 2.62. The van der Waals surface area contributed by atoms with Gasteiger partial charge in [-0.3, -0.25) is 0 Å². The fourth-order valence-corrected chi connectivity index (χ4v) is 3.86. The highest BCUT2D eigenvalue weighted by Crippen LogP contribution is 2.34. The van der Waals surface area contributed by atoms with Gasteiger partial charge in [-0.1, -0.05) is 0 Å². The van der Waals surface area contributed by atoms with E-state index < -0.39 is 0 Å². The lowest BCUT2D eigenvalue weighted by atomic mass is 9.98. The molecular weight excluding hydrogens is 286 g/mol. The zero-order valence-corrected chi connectivity index (χ0v) is 12.0. The molecule has 2 N–H and O–H groups in total. The van der Waals surface area contributed by atoms with Gasteiger partial charge in [0.2, 0.25) is 0 Å². The minimum Gasteiger partial charge on any atom is -0.330 e. The van der Waals surface area contributed by atoms with Crippen molar-refractivity contribution in [2.75, 3.05) is 26.7 Å². The molecule has 1 aliphatic heterocycles. The summed E-state index contributed by atoms with van der Waals surface area (Å²) in [6.07, 6.45) is 3.35. The Morgan fingerprint density at radius 3 is 2.81 bits per heavy atom. The van der Waals surface area contributed by atoms with Crippen molar-refractivity contribution >= 4 is 27.3 Å². The molecule has 3 nitrogen and oxygen atoms in total. The first-order chi connectivity index (χ1) is 7.70. The molecule has 0 spiro atoms. The quantitative estimate of drug-likeness (QED) is 0.931. The molecule has 0 aromatic carbocycles. The van der Waals surface area contributed by atoms with Crippen LogP contribution < -0.4 is 5.73 Å². The summed E-state index contributed by atoms with van der Waals surface area (Å²) in [6.45, 7) is 3.05. The Morgan fingerprint density at radius 1 is 1.50 bits per heavy atom. The van der Waals surface area contributed by atoms with Gasteiger partial charge in [-0.05, 0) is 55.5 Å². The summed E-state index contributed by atoms with van der Waals surface area (Å²) in [5, 5.41) is 1.29. The molecule has 0 amide bonds. The number of halogens is 1. The highest BCUT2D eigenvalue weighted by molar-refractivity contribution is 9.11. The Hall–Kier alpha value is 0.0300. The maximum atomic E-state index is 5.57. The second-order valence-corrected chi connectivity index (χ2v) is 6.74. The number of likely N-dealkylation sites (tertiary alicyclic amines) is 1. The van der Waals surface area contributed by atoms with Crippen LogP contribution in [0.3, 0.4) is 0 Å². The van der Waals surface area contributed by atoms with Crippen molar-refractivity contribution in [2.24, 2.45) is 5.73 Å². The lowest BCUT2D eigenvalue weighted by molar-refractivity contribution is 0.255. The molecule has 1 aromatic heterocycles. The van der Waals surface area contributed by atoms with E-state index in [2.05, 4.69) is 27.9 Å². The fraction of sp³-hybridized carbons (Fsp3) is 0.727. The number of thiazole rings is 1. The molecule has 0 radical (unpaired) electrons. The number of rotatable bonds is 3. The van der Waals surface area contributed by atoms with Crippen molar-refractivity contribution in [1.82, 2.24) is 9.88 Å². The first kappa shape index (κ1) is 12.5. The largest absolute Gasteiger partial charge is 0.330 e. The SMILES string of the molecule is CN1CCC(c2nc(CCN)c(Br)s2)CC1. The number of piperidine rings is 1. The molecular formula is C11H18BrN3S. The van der Waals surface area contributed by atoms with Crippen LogP contribution in [0, 0.1) is 0 Å². The molecule has 0 unspecified atom stereocenters. The van der Waals surface area contributed by atoms with Crippen LogP contribution in [0.5, 0.6) is 0 Å². The molecule has 1 fully saturated rings. The van der Waals surface area contributed by atoms with Crippen LogP contribution in [0.4, 0.5) is 0 Å². The molecule has 2 rings (SSSR count). The van der Waals surface area contributed by atoms with E-state index in [0.717, 1.165) is 12.1 Å². The van der Waals surface area contributed by atoms with Crippen LogP contribution in [0.25, 0.3) is 0 Å². The van der Waals surface area contributed by atoms with Gasteiger partial charge in [0.15, 0.2) is 0 Å². The number of hydrogen-bond donors (Lipinski definition) is 1. The lowest BCUT2D eigenvalue weighted by Crippen LogP contribution is -2.29. The van der Waals surface area contributed by atoms with E-state index in [1.54, 1.807) is 11.3 Å². The van der Waals surface area contributed by atoms with Gasteiger partial charge in [0.1, 0.15) is 0 Å². The molecule has 1 aliphatic rings. The fourth-order valence-electron chi connectivity index (χ4n) is 2.07. The van der Waals surface area contributed by atoms with Gasteiger partial charge in [0.25, 0.3) is 0 Å². The smallest absolute Gasteiger partial charge is 0.0972 e. The van der Waals surface area contributed by atoms with Gasteiger partial charge in [-0.15, -0.1) is 11.3 Å². The lowest BCUT2D eigenvalue weighted by Gasteiger charge is -2.27. The van der Waals surface area contributed by atoms with E-state index in [1.165, 1.54) is 34.7 Å². The zero-order chi connectivity index (χ0) is 11.5. The van der Waals surface area contributed by atoms with Crippen LogP contribution in [0.1, 0.15) is 29.5 Å². The monoisotopic (exact) mass is 303 g/mol. The van der Waals surface area contributed by atoms with Gasteiger partial charge in [-0.25, -0.2) is 4.98 Å². The zero-order valence-electron chi connectivity index (χ0n) is 9.58. The molecule has 0 aliphatic carbocycles. The predicted molar refractivity (Wildman–Crippen MR) is 72.0 cm³/mol. The van der Waals surface area contributed by atoms with Crippen LogP contribution in [-0.2, 0) is 6.42 Å². The molecule has 1 aromatic rings. The normalized spacial score (nSPS) is 19.2. The van der Waals surface area contributed by atoms with Crippen molar-refractivity contribution in [3.05, 3.63) is 14.5 Å². The van der Waals surface area contributed by atoms with Crippen molar-refractivity contribution in [3.63, 3.8) is 0 Å². The minimum atomic E-state index is 0.657. The summed E-state index contributed by atoms with van der Waals surface area (Å²) in [6, 6.07) is 0. The third-order valence-corrected chi connectivity index (χ3v) is 5.11. The third-order valence-electron chi connectivity index (χ3n) is 3.12. The van der Waals surface area contributed by atoms with Crippen LogP contribution >= 0.6 is 27.3 Å². The van der Waals surface area contributed by atoms with Gasteiger partial charge in [0.05, 0.1) is 14.5 Å². The maximum absolute atomic E-state index is 5.57. The number of hydrogen-bond acceptors (Lipinski definition) is 4. The average molecular weight is 304 g/mol. The van der Waals surface area contributed by atoms with E-state index in [9.17, 15) is 0 Å². The second kappa shape index (κ2) is 5.58. The van der Waals surface area contributed by atoms with Crippen molar-refractivity contribution < 1.29 is 0 Å². The summed E-state index contributed by atoms with van der Waals surface area (Å²) in [5.74, 6) is 0.657. The molecule has 16 heavy (non-hydrogen) atoms. The first-order valence-corrected chi connectivity index (χ1v) is 7.35. The standard InChI is InChI=1S/C11H18BrN3S/c1-15-6-3-8(4-7-15)11-14-9(2-5-13)10(12)16-11/h8H,2-7,13H2,1H3. The van der Waals surface area contributed by atoms with Crippen LogP contribution in [0.15, 0.2) is 3.79 Å². The molecule has 90 valence electrons. The number of nitrogens with zero attached hydrogens (tertiary/aromatic N) is 2. The number of aromatic nitrogens is 1. The van der Waals surface area contributed by atoms with Gasteiger partial charge in [-0.2, -0.15) is 0 Å². The van der Waals surface area contributed by atoms with Crippen molar-refractivity contribution in [1.29, 1.82) is 0 Å². The van der Waals surface area contributed by atoms with Crippen LogP contribution in [0.2, 0.25) is 0 Å². The topological polar surface area (TPSA) is 42.2 Å². The number of nitrogens with two attached hydrogens (primary N) is 1. The summed E-state index contributed by atoms with van der Waals surface area (Å²) in [4.78, 5) is 7.11. The predicted octanol–water partition coefficient (Wildman–Crippen LogP) is 2.22. The van der Waals surface area contributed by atoms with Gasteiger partial charge < -0.3 is 10.6 Å². The van der Waals surface area contributed by atoms with Crippen molar-refractivity contribution in [2.45, 2.75) is 25.2 Å². The molecule has 2 heterocycles. The molecule has 0 saturated carbocycles. The van der Waals surface area contributed by atoms with Crippen molar-refractivity contribution in [3.8, 4) is 0 Å². The van der Waals surface area contributed by atoms with E-state index in [0.29, 0.717) is 12.5 Å². The summed E-state index contributed by atoms with van der Waals surface area (Å²) in [5.41, 5.74) is 6.71. The highest BCUT2D eigenvalue weighted by Gasteiger charge is 2.22. The van der Waals surface area contributed by atoms with Crippen LogP contribution in [-0.4, -0.2) is 36.6 Å². The summed E-state index contributed by atoms with van der Waals surface area (Å²) in [7, 11) is 2.19. The van der Waals surface area contributed by atoms with E-state index in [-0.39, 0.29) is 0 Å². The van der Waals surface area contributed by atoms with E-state index in [4.69, 9.17) is 10.7 Å². The second-order valence-electron chi connectivity index (χ2n) is 4.39. The molecule has 5 heteroatoms. The minimum absolute atomic E-state index is 0.657. The Labute approximate surface area is 109 Å². The summed E-state index contributed by atoms with van der Waals surface area (Å²) < 4.78 is 1.17.